The van der Waals surface area contributed by atoms with E-state index in [0.717, 1.165) is 12.1 Å². The molecule has 0 unspecified atom stereocenters. The van der Waals surface area contributed by atoms with Crippen molar-refractivity contribution in [1.82, 2.24) is 20.2 Å². The number of nitrogens with zero attached hydrogens (tertiary/aromatic N) is 3. The second kappa shape index (κ2) is 5.35. The molecule has 102 valence electrons. The van der Waals surface area contributed by atoms with Crippen LogP contribution in [0.3, 0.4) is 0 Å². The number of aromatic nitrogens is 4. The minimum Gasteiger partial charge on any atom is -0.285 e. The molecule has 0 radical (unpaired) electrons. The Balaban J connectivity index is 2.19. The SMILES string of the molecule is CC[C@@H](C)c1csc(N(C)C(=O)c2n[nH]c(=O)[nH]2)n1. The molecule has 2 aromatic heterocycles. The zero-order chi connectivity index (χ0) is 14.0. The molecule has 0 bridgehead atoms. The van der Waals surface area contributed by atoms with Crippen molar-refractivity contribution in [2.75, 3.05) is 11.9 Å². The standard InChI is InChI=1S/C11H15N5O2S/c1-4-6(2)7-5-19-11(12-7)16(3)9(17)8-13-10(18)15-14-8/h5-6H,4H2,1-3H3,(H2,13,14,15,18)/t6-/m1/s1. The number of hydrogen-bond donors (Lipinski definition) is 2. The number of carbonyl (C=O) groups excluding carboxylic acids is 1. The summed E-state index contributed by atoms with van der Waals surface area (Å²) in [6, 6.07) is 0. The number of hydrogen-bond acceptors (Lipinski definition) is 5. The number of rotatable bonds is 4. The quantitative estimate of drug-likeness (QED) is 0.884. The summed E-state index contributed by atoms with van der Waals surface area (Å²) in [6.07, 6.45) is 0.994. The van der Waals surface area contributed by atoms with Crippen molar-refractivity contribution in [1.29, 1.82) is 0 Å². The van der Waals surface area contributed by atoms with Gasteiger partial charge in [-0.15, -0.1) is 16.4 Å². The predicted octanol–water partition coefficient (Wildman–Crippen LogP) is 1.34. The van der Waals surface area contributed by atoms with Crippen LogP contribution in [0.5, 0.6) is 0 Å². The highest BCUT2D eigenvalue weighted by Crippen LogP contribution is 2.26. The van der Waals surface area contributed by atoms with Gasteiger partial charge in [-0.1, -0.05) is 13.8 Å². The second-order valence-corrected chi connectivity index (χ2v) is 5.09. The first-order chi connectivity index (χ1) is 9.02. The first kappa shape index (κ1) is 13.5. The van der Waals surface area contributed by atoms with Crippen molar-refractivity contribution in [2.45, 2.75) is 26.2 Å². The van der Waals surface area contributed by atoms with E-state index in [-0.39, 0.29) is 5.82 Å². The molecule has 1 atom stereocenters. The van der Waals surface area contributed by atoms with Crippen LogP contribution in [0.1, 0.15) is 42.5 Å². The fourth-order valence-corrected chi connectivity index (χ4v) is 2.39. The molecule has 0 saturated carbocycles. The van der Waals surface area contributed by atoms with Gasteiger partial charge in [0.25, 0.3) is 5.91 Å². The number of anilines is 1. The van der Waals surface area contributed by atoms with Gasteiger partial charge in [0.2, 0.25) is 5.82 Å². The van der Waals surface area contributed by atoms with E-state index in [4.69, 9.17) is 0 Å². The lowest BCUT2D eigenvalue weighted by atomic mass is 10.1. The summed E-state index contributed by atoms with van der Waals surface area (Å²) in [5.41, 5.74) is 0.467. The molecule has 19 heavy (non-hydrogen) atoms. The van der Waals surface area contributed by atoms with Crippen molar-refractivity contribution >= 4 is 22.4 Å². The van der Waals surface area contributed by atoms with Gasteiger partial charge in [-0.2, -0.15) is 0 Å². The van der Waals surface area contributed by atoms with Crippen LogP contribution in [0.15, 0.2) is 10.2 Å². The predicted molar refractivity (Wildman–Crippen MR) is 72.8 cm³/mol. The number of H-pyrrole nitrogens is 2. The summed E-state index contributed by atoms with van der Waals surface area (Å²) in [5.74, 6) is -0.0603. The van der Waals surface area contributed by atoms with Crippen LogP contribution >= 0.6 is 11.3 Å². The molecule has 0 fully saturated rings. The van der Waals surface area contributed by atoms with Crippen LogP contribution < -0.4 is 10.6 Å². The van der Waals surface area contributed by atoms with Crippen molar-refractivity contribution in [3.63, 3.8) is 0 Å². The van der Waals surface area contributed by atoms with E-state index in [9.17, 15) is 9.59 Å². The Morgan fingerprint density at radius 3 is 2.89 bits per heavy atom. The molecular formula is C11H15N5O2S. The zero-order valence-electron chi connectivity index (χ0n) is 10.9. The van der Waals surface area contributed by atoms with Gasteiger partial charge in [-0.25, -0.2) is 14.9 Å². The number of thiazole rings is 1. The van der Waals surface area contributed by atoms with Gasteiger partial charge in [0.05, 0.1) is 5.69 Å². The Bertz CT molecular complexity index is 629. The lowest BCUT2D eigenvalue weighted by molar-refractivity contribution is 0.0983. The summed E-state index contributed by atoms with van der Waals surface area (Å²) in [7, 11) is 1.61. The number of carbonyl (C=O) groups is 1. The lowest BCUT2D eigenvalue weighted by Crippen LogP contribution is -2.27. The molecule has 2 aromatic rings. The molecule has 1 amide bonds. The van der Waals surface area contributed by atoms with Crippen molar-refractivity contribution < 1.29 is 4.79 Å². The summed E-state index contributed by atoms with van der Waals surface area (Å²) in [5, 5.41) is 8.31. The average molecular weight is 281 g/mol. The monoisotopic (exact) mass is 281 g/mol. The molecule has 2 heterocycles. The molecule has 0 saturated heterocycles. The van der Waals surface area contributed by atoms with Gasteiger partial charge < -0.3 is 0 Å². The molecule has 8 heteroatoms. The van der Waals surface area contributed by atoms with E-state index >= 15 is 0 Å². The number of aromatic amines is 2. The normalized spacial score (nSPS) is 12.4. The molecule has 0 aliphatic carbocycles. The Morgan fingerprint density at radius 2 is 2.32 bits per heavy atom. The summed E-state index contributed by atoms with van der Waals surface area (Å²) in [4.78, 5) is 31.1. The first-order valence-electron chi connectivity index (χ1n) is 5.91. The molecule has 0 aliphatic heterocycles. The minimum absolute atomic E-state index is 0.0206. The Kier molecular flexibility index (Phi) is 3.79. The Morgan fingerprint density at radius 1 is 1.58 bits per heavy atom. The molecule has 0 spiro atoms. The molecule has 2 N–H and O–H groups in total. The molecule has 7 nitrogen and oxygen atoms in total. The maximum Gasteiger partial charge on any atom is 0.341 e. The molecule has 0 aromatic carbocycles. The first-order valence-corrected chi connectivity index (χ1v) is 6.79. The Labute approximate surface area is 113 Å². The van der Waals surface area contributed by atoms with E-state index in [1.165, 1.54) is 16.2 Å². The zero-order valence-corrected chi connectivity index (χ0v) is 11.7. The van der Waals surface area contributed by atoms with Crippen molar-refractivity contribution in [3.8, 4) is 0 Å². The fraction of sp³-hybridized carbons (Fsp3) is 0.455. The lowest BCUT2D eigenvalue weighted by Gasteiger charge is -2.11. The summed E-state index contributed by atoms with van der Waals surface area (Å²) >= 11 is 1.40. The van der Waals surface area contributed by atoms with Gasteiger partial charge in [0.1, 0.15) is 0 Å². The van der Waals surface area contributed by atoms with Crippen molar-refractivity contribution in [3.05, 3.63) is 27.4 Å². The molecular weight excluding hydrogens is 266 g/mol. The minimum atomic E-state index is -0.504. The van der Waals surface area contributed by atoms with Gasteiger partial charge >= 0.3 is 5.69 Å². The number of amides is 1. The molecule has 0 aliphatic rings. The van der Waals surface area contributed by atoms with Crippen molar-refractivity contribution in [2.24, 2.45) is 0 Å². The van der Waals surface area contributed by atoms with Crippen LogP contribution in [0.2, 0.25) is 0 Å². The van der Waals surface area contributed by atoms with Crippen LogP contribution in [-0.4, -0.2) is 33.1 Å². The largest absolute Gasteiger partial charge is 0.341 e. The average Bonchev–Trinajstić information content (AvgIpc) is 3.04. The third-order valence-corrected chi connectivity index (χ3v) is 3.86. The van der Waals surface area contributed by atoms with E-state index in [1.54, 1.807) is 7.05 Å². The second-order valence-electron chi connectivity index (χ2n) is 4.25. The van der Waals surface area contributed by atoms with Gasteiger partial charge in [0.15, 0.2) is 5.13 Å². The smallest absolute Gasteiger partial charge is 0.285 e. The highest BCUT2D eigenvalue weighted by Gasteiger charge is 2.20. The van der Waals surface area contributed by atoms with Gasteiger partial charge in [-0.05, 0) is 12.3 Å². The highest BCUT2D eigenvalue weighted by molar-refractivity contribution is 7.14. The maximum absolute atomic E-state index is 12.0. The van der Waals surface area contributed by atoms with E-state index in [0.29, 0.717) is 11.0 Å². The third-order valence-electron chi connectivity index (χ3n) is 2.92. The van der Waals surface area contributed by atoms with Crippen LogP contribution in [0.4, 0.5) is 5.13 Å². The van der Waals surface area contributed by atoms with Crippen LogP contribution in [-0.2, 0) is 0 Å². The van der Waals surface area contributed by atoms with E-state index < -0.39 is 11.6 Å². The fourth-order valence-electron chi connectivity index (χ4n) is 1.48. The van der Waals surface area contributed by atoms with E-state index in [2.05, 4.69) is 34.0 Å². The van der Waals surface area contributed by atoms with E-state index in [1.807, 2.05) is 5.38 Å². The van der Waals surface area contributed by atoms with Gasteiger partial charge in [0, 0.05) is 12.4 Å². The Hall–Kier alpha value is -1.96. The maximum atomic E-state index is 12.0. The van der Waals surface area contributed by atoms with Gasteiger partial charge in [-0.3, -0.25) is 14.7 Å². The summed E-state index contributed by atoms with van der Waals surface area (Å²) in [6.45, 7) is 4.18. The highest BCUT2D eigenvalue weighted by atomic mass is 32.1. The molecule has 2 rings (SSSR count). The number of nitrogens with one attached hydrogen (secondary N) is 2. The van der Waals surface area contributed by atoms with Crippen LogP contribution in [0.25, 0.3) is 0 Å². The topological polar surface area (TPSA) is 94.7 Å². The summed E-state index contributed by atoms with van der Waals surface area (Å²) < 4.78 is 0. The van der Waals surface area contributed by atoms with Crippen LogP contribution in [0, 0.1) is 0 Å². The third kappa shape index (κ3) is 2.73.